The third-order valence-corrected chi connectivity index (χ3v) is 5.75. The van der Waals surface area contributed by atoms with E-state index in [-0.39, 0.29) is 5.91 Å². The highest BCUT2D eigenvalue weighted by Gasteiger charge is 2.16. The average molecular weight is 472 g/mol. The van der Waals surface area contributed by atoms with Crippen LogP contribution in [0.1, 0.15) is 16.8 Å². The number of hydrogen-bond acceptors (Lipinski definition) is 6. The second kappa shape index (κ2) is 10.1. The molecule has 0 saturated carbocycles. The number of nitrogens with one attached hydrogen (secondary N) is 2. The second-order valence-electron chi connectivity index (χ2n) is 7.35. The first kappa shape index (κ1) is 22.2. The van der Waals surface area contributed by atoms with Crippen LogP contribution in [0.5, 0.6) is 5.75 Å². The number of rotatable bonds is 7. The van der Waals surface area contributed by atoms with Crippen LogP contribution < -0.4 is 20.3 Å². The molecule has 1 aromatic heterocycles. The minimum Gasteiger partial charge on any atom is -0.490 e. The number of anilines is 2. The van der Waals surface area contributed by atoms with E-state index in [0.29, 0.717) is 47.7 Å². The van der Waals surface area contributed by atoms with E-state index in [9.17, 15) is 4.79 Å². The predicted molar refractivity (Wildman–Crippen MR) is 128 cm³/mol. The van der Waals surface area contributed by atoms with E-state index >= 15 is 0 Å². The van der Waals surface area contributed by atoms with Crippen LogP contribution in [-0.4, -0.2) is 49.2 Å². The van der Waals surface area contributed by atoms with Crippen LogP contribution in [0.3, 0.4) is 0 Å². The van der Waals surface area contributed by atoms with Gasteiger partial charge < -0.3 is 20.3 Å². The minimum atomic E-state index is -0.292. The van der Waals surface area contributed by atoms with Crippen LogP contribution in [-0.2, 0) is 0 Å². The number of aromatic nitrogens is 2. The van der Waals surface area contributed by atoms with E-state index in [4.69, 9.17) is 27.9 Å². The van der Waals surface area contributed by atoms with Crippen molar-refractivity contribution >= 4 is 40.7 Å². The summed E-state index contributed by atoms with van der Waals surface area (Å²) in [6.07, 6.45) is 2.40. The molecule has 0 bridgehead atoms. The lowest BCUT2D eigenvalue weighted by Crippen LogP contribution is -2.28. The minimum absolute atomic E-state index is 0.292. The number of likely N-dealkylation sites (N-methyl/N-ethyl adjacent to an activating group) is 1. The molecule has 0 atom stereocenters. The lowest BCUT2D eigenvalue weighted by molar-refractivity contribution is 0.0954. The van der Waals surface area contributed by atoms with Gasteiger partial charge in [0, 0.05) is 31.9 Å². The standard InChI is InChI=1S/C23H23Cl2N5O2/c1-30-12-13-32-20-14-15(6-7-19(20)30)18-8-11-28-23(29-18)27-10-3-9-26-22(31)21-16(24)4-2-5-17(21)25/h2,4-8,11,14H,3,9-10,12-13H2,1H3,(H,26,31)(H,27,28,29). The molecule has 32 heavy (non-hydrogen) atoms. The fourth-order valence-corrected chi connectivity index (χ4v) is 3.98. The molecule has 166 valence electrons. The van der Waals surface area contributed by atoms with Crippen LogP contribution in [0, 0.1) is 0 Å². The van der Waals surface area contributed by atoms with Crippen molar-refractivity contribution in [2.45, 2.75) is 6.42 Å². The van der Waals surface area contributed by atoms with Gasteiger partial charge in [0.05, 0.1) is 33.5 Å². The molecular weight excluding hydrogens is 449 g/mol. The molecule has 2 N–H and O–H groups in total. The molecule has 0 spiro atoms. The van der Waals surface area contributed by atoms with Crippen molar-refractivity contribution in [2.24, 2.45) is 0 Å². The average Bonchev–Trinajstić information content (AvgIpc) is 2.79. The van der Waals surface area contributed by atoms with E-state index in [2.05, 4.69) is 32.5 Å². The Labute approximate surface area is 196 Å². The van der Waals surface area contributed by atoms with Gasteiger partial charge in [-0.25, -0.2) is 9.97 Å². The number of amides is 1. The number of benzene rings is 2. The summed E-state index contributed by atoms with van der Waals surface area (Å²) < 4.78 is 5.79. The fourth-order valence-electron chi connectivity index (χ4n) is 3.42. The zero-order valence-corrected chi connectivity index (χ0v) is 19.1. The Balaban J connectivity index is 1.31. The first-order valence-electron chi connectivity index (χ1n) is 10.3. The number of hydrogen-bond donors (Lipinski definition) is 2. The highest BCUT2D eigenvalue weighted by molar-refractivity contribution is 6.39. The van der Waals surface area contributed by atoms with Crippen LogP contribution in [0.15, 0.2) is 48.7 Å². The lowest BCUT2D eigenvalue weighted by atomic mass is 10.1. The Morgan fingerprint density at radius 2 is 1.97 bits per heavy atom. The van der Waals surface area contributed by atoms with E-state index in [1.807, 2.05) is 24.3 Å². The summed E-state index contributed by atoms with van der Waals surface area (Å²) in [5.74, 6) is 1.09. The molecular formula is C23H23Cl2N5O2. The van der Waals surface area contributed by atoms with Crippen molar-refractivity contribution in [3.8, 4) is 17.0 Å². The molecule has 1 aliphatic heterocycles. The SMILES string of the molecule is CN1CCOc2cc(-c3ccnc(NCCCNC(=O)c4c(Cl)cccc4Cl)n3)ccc21. The van der Waals surface area contributed by atoms with Gasteiger partial charge in [0.1, 0.15) is 12.4 Å². The number of carbonyl (C=O) groups excluding carboxylic acids is 1. The van der Waals surface area contributed by atoms with Gasteiger partial charge in [0.2, 0.25) is 5.95 Å². The molecule has 9 heteroatoms. The van der Waals surface area contributed by atoms with E-state index in [1.54, 1.807) is 24.4 Å². The van der Waals surface area contributed by atoms with E-state index in [1.165, 1.54) is 0 Å². The summed E-state index contributed by atoms with van der Waals surface area (Å²) in [7, 11) is 2.05. The Bertz CT molecular complexity index is 1110. The molecule has 0 aliphatic carbocycles. The van der Waals surface area contributed by atoms with Crippen LogP contribution in [0.4, 0.5) is 11.6 Å². The number of fused-ring (bicyclic) bond motifs is 1. The van der Waals surface area contributed by atoms with Crippen molar-refractivity contribution in [2.75, 3.05) is 43.5 Å². The van der Waals surface area contributed by atoms with Gasteiger partial charge in [-0.15, -0.1) is 0 Å². The van der Waals surface area contributed by atoms with Crippen molar-refractivity contribution in [3.05, 3.63) is 64.3 Å². The van der Waals surface area contributed by atoms with E-state index in [0.717, 1.165) is 29.2 Å². The highest BCUT2D eigenvalue weighted by Crippen LogP contribution is 2.34. The van der Waals surface area contributed by atoms with Crippen LogP contribution >= 0.6 is 23.2 Å². The first-order chi connectivity index (χ1) is 15.5. The topological polar surface area (TPSA) is 79.4 Å². The Morgan fingerprint density at radius 3 is 2.78 bits per heavy atom. The Morgan fingerprint density at radius 1 is 1.16 bits per heavy atom. The Hall–Kier alpha value is -3.03. The molecule has 0 saturated heterocycles. The van der Waals surface area contributed by atoms with Crippen molar-refractivity contribution in [1.82, 2.24) is 15.3 Å². The predicted octanol–water partition coefficient (Wildman–Crippen LogP) is 4.51. The Kier molecular flexibility index (Phi) is 6.97. The third-order valence-electron chi connectivity index (χ3n) is 5.12. The smallest absolute Gasteiger partial charge is 0.254 e. The highest BCUT2D eigenvalue weighted by atomic mass is 35.5. The van der Waals surface area contributed by atoms with Gasteiger partial charge in [-0.3, -0.25) is 4.79 Å². The van der Waals surface area contributed by atoms with Gasteiger partial charge in [-0.1, -0.05) is 35.3 Å². The monoisotopic (exact) mass is 471 g/mol. The van der Waals surface area contributed by atoms with Gasteiger partial charge in [-0.2, -0.15) is 0 Å². The summed E-state index contributed by atoms with van der Waals surface area (Å²) in [5.41, 5.74) is 3.14. The molecule has 2 aromatic carbocycles. The summed E-state index contributed by atoms with van der Waals surface area (Å²) in [6.45, 7) is 2.60. The van der Waals surface area contributed by atoms with Gasteiger partial charge in [0.15, 0.2) is 0 Å². The van der Waals surface area contributed by atoms with Gasteiger partial charge >= 0.3 is 0 Å². The van der Waals surface area contributed by atoms with Crippen LogP contribution in [0.2, 0.25) is 10.0 Å². The summed E-state index contributed by atoms with van der Waals surface area (Å²) in [6, 6.07) is 12.9. The largest absolute Gasteiger partial charge is 0.490 e. The van der Waals surface area contributed by atoms with Crippen LogP contribution in [0.25, 0.3) is 11.3 Å². The lowest BCUT2D eigenvalue weighted by Gasteiger charge is -2.27. The number of halogens is 2. The second-order valence-corrected chi connectivity index (χ2v) is 8.17. The zero-order valence-electron chi connectivity index (χ0n) is 17.6. The molecule has 7 nitrogen and oxygen atoms in total. The third kappa shape index (κ3) is 5.06. The number of carbonyl (C=O) groups is 1. The molecule has 3 aromatic rings. The van der Waals surface area contributed by atoms with Crippen molar-refractivity contribution in [1.29, 1.82) is 0 Å². The zero-order chi connectivity index (χ0) is 22.5. The number of nitrogens with zero attached hydrogens (tertiary/aromatic N) is 3. The maximum atomic E-state index is 12.3. The maximum Gasteiger partial charge on any atom is 0.254 e. The summed E-state index contributed by atoms with van der Waals surface area (Å²) in [4.78, 5) is 23.4. The van der Waals surface area contributed by atoms with Crippen molar-refractivity contribution in [3.63, 3.8) is 0 Å². The molecule has 2 heterocycles. The molecule has 0 radical (unpaired) electrons. The van der Waals surface area contributed by atoms with Crippen molar-refractivity contribution < 1.29 is 9.53 Å². The molecule has 0 unspecified atom stereocenters. The quantitative estimate of drug-likeness (QED) is 0.493. The molecule has 1 amide bonds. The number of ether oxygens (including phenoxy) is 1. The van der Waals surface area contributed by atoms with Gasteiger partial charge in [-0.05, 0) is 36.8 Å². The molecule has 4 rings (SSSR count). The first-order valence-corrected chi connectivity index (χ1v) is 11.1. The van der Waals surface area contributed by atoms with Gasteiger partial charge in [0.25, 0.3) is 5.91 Å². The summed E-state index contributed by atoms with van der Waals surface area (Å²) >= 11 is 12.1. The molecule has 0 fully saturated rings. The maximum absolute atomic E-state index is 12.3. The normalized spacial score (nSPS) is 12.7. The molecule has 1 aliphatic rings. The van der Waals surface area contributed by atoms with E-state index < -0.39 is 0 Å². The fraction of sp³-hybridized carbons (Fsp3) is 0.261. The summed E-state index contributed by atoms with van der Waals surface area (Å²) in [5, 5.41) is 6.69.